The van der Waals surface area contributed by atoms with Crippen LogP contribution in [0.4, 0.5) is 5.69 Å². The monoisotopic (exact) mass is 351 g/mol. The van der Waals surface area contributed by atoms with Crippen LogP contribution in [-0.2, 0) is 9.59 Å². The molecular formula is C21H21NO4. The molecule has 4 atom stereocenters. The highest BCUT2D eigenvalue weighted by atomic mass is 16.5. The molecule has 1 aliphatic heterocycles. The molecule has 5 rings (SSSR count). The van der Waals surface area contributed by atoms with Crippen molar-refractivity contribution in [1.82, 2.24) is 0 Å². The molecule has 134 valence electrons. The fourth-order valence-electron chi connectivity index (χ4n) is 5.50. The van der Waals surface area contributed by atoms with Crippen LogP contribution in [0.5, 0.6) is 5.75 Å². The first kappa shape index (κ1) is 15.8. The van der Waals surface area contributed by atoms with Crippen molar-refractivity contribution in [3.05, 3.63) is 35.9 Å². The lowest BCUT2D eigenvalue weighted by molar-refractivity contribution is -0.123. The van der Waals surface area contributed by atoms with Crippen LogP contribution in [-0.4, -0.2) is 24.2 Å². The van der Waals surface area contributed by atoms with Crippen LogP contribution in [0.3, 0.4) is 0 Å². The number of anilines is 1. The second kappa shape index (κ2) is 5.06. The summed E-state index contributed by atoms with van der Waals surface area (Å²) in [6.45, 7) is 3.75. The Morgan fingerprint density at radius 1 is 1.15 bits per heavy atom. The third-order valence-corrected chi connectivity index (χ3v) is 6.76. The number of carbonyl (C=O) groups excluding carboxylic acids is 3. The molecular weight excluding hydrogens is 330 g/mol. The number of fused-ring (bicyclic) bond motifs is 3. The summed E-state index contributed by atoms with van der Waals surface area (Å²) in [7, 11) is 0. The Balaban J connectivity index is 1.58. The molecule has 5 nitrogen and oxygen atoms in total. The molecule has 0 N–H and O–H groups in total. The van der Waals surface area contributed by atoms with Gasteiger partial charge in [-0.15, -0.1) is 0 Å². The minimum Gasteiger partial charge on any atom is -0.492 e. The molecule has 1 aromatic rings. The lowest BCUT2D eigenvalue weighted by atomic mass is 9.85. The van der Waals surface area contributed by atoms with Crippen LogP contribution < -0.4 is 9.64 Å². The van der Waals surface area contributed by atoms with Crippen molar-refractivity contribution >= 4 is 23.3 Å². The van der Waals surface area contributed by atoms with Gasteiger partial charge in [0, 0.05) is 5.56 Å². The van der Waals surface area contributed by atoms with Gasteiger partial charge < -0.3 is 4.74 Å². The number of ether oxygens (including phenoxy) is 1. The minimum absolute atomic E-state index is 0.104. The van der Waals surface area contributed by atoms with E-state index in [1.165, 1.54) is 11.8 Å². The molecule has 2 bridgehead atoms. The molecule has 1 spiro atoms. The zero-order valence-corrected chi connectivity index (χ0v) is 14.9. The first-order chi connectivity index (χ1) is 12.5. The van der Waals surface area contributed by atoms with Crippen molar-refractivity contribution in [2.75, 3.05) is 11.5 Å². The number of Topliss-reactive ketones (excluding diaryl/α,β-unsaturated/α-hetero) is 1. The lowest BCUT2D eigenvalue weighted by Crippen LogP contribution is -2.35. The van der Waals surface area contributed by atoms with E-state index in [1.807, 2.05) is 6.92 Å². The maximum atomic E-state index is 13.3. The number of hydrogen-bond acceptors (Lipinski definition) is 4. The van der Waals surface area contributed by atoms with Gasteiger partial charge in [-0.2, -0.15) is 0 Å². The van der Waals surface area contributed by atoms with E-state index in [4.69, 9.17) is 4.74 Å². The molecule has 0 radical (unpaired) electrons. The van der Waals surface area contributed by atoms with Gasteiger partial charge >= 0.3 is 0 Å². The number of ketones is 1. The zero-order valence-electron chi connectivity index (χ0n) is 14.9. The smallest absolute Gasteiger partial charge is 0.238 e. The molecule has 0 unspecified atom stereocenters. The van der Waals surface area contributed by atoms with Crippen molar-refractivity contribution in [1.29, 1.82) is 0 Å². The quantitative estimate of drug-likeness (QED) is 0.475. The van der Waals surface area contributed by atoms with E-state index in [9.17, 15) is 14.4 Å². The Labute approximate surface area is 152 Å². The molecule has 3 fully saturated rings. The molecule has 4 aliphatic rings. The predicted octanol–water partition coefficient (Wildman–Crippen LogP) is 2.99. The van der Waals surface area contributed by atoms with Crippen molar-refractivity contribution < 1.29 is 19.1 Å². The van der Waals surface area contributed by atoms with E-state index in [2.05, 4.69) is 12.2 Å². The van der Waals surface area contributed by atoms with Crippen molar-refractivity contribution in [3.63, 3.8) is 0 Å². The molecule has 1 aromatic carbocycles. The summed E-state index contributed by atoms with van der Waals surface area (Å²) in [6, 6.07) is 4.97. The fraction of sp³-hybridized carbons (Fsp3) is 0.476. The fourth-order valence-corrected chi connectivity index (χ4v) is 5.50. The van der Waals surface area contributed by atoms with Crippen LogP contribution in [0.1, 0.15) is 37.0 Å². The molecule has 0 aromatic heterocycles. The topological polar surface area (TPSA) is 63.7 Å². The standard InChI is InChI=1S/C21H21NO4/c1-3-26-16-7-4-12(11(2)23)10-15(16)22-19(24)17-13-5-6-14(18(17)20(22)25)21(13)8-9-21/h4-7,10,13-14,17-18H,3,8-9H2,1-2H3/t13-,14-,17-,18+/m0/s1. The lowest BCUT2D eigenvalue weighted by Gasteiger charge is -2.23. The molecule has 5 heteroatoms. The summed E-state index contributed by atoms with van der Waals surface area (Å²) in [6.07, 6.45) is 6.55. The number of benzene rings is 1. The summed E-state index contributed by atoms with van der Waals surface area (Å²) >= 11 is 0. The largest absolute Gasteiger partial charge is 0.492 e. The first-order valence-corrected chi connectivity index (χ1v) is 9.33. The Kier molecular flexibility index (Phi) is 3.07. The zero-order chi connectivity index (χ0) is 18.2. The summed E-state index contributed by atoms with van der Waals surface area (Å²) in [4.78, 5) is 39.6. The van der Waals surface area contributed by atoms with Crippen molar-refractivity contribution in [3.8, 4) is 5.75 Å². The number of carbonyl (C=O) groups is 3. The van der Waals surface area contributed by atoms with E-state index < -0.39 is 0 Å². The Morgan fingerprint density at radius 3 is 2.27 bits per heavy atom. The van der Waals surface area contributed by atoms with E-state index in [0.717, 1.165) is 12.8 Å². The highest BCUT2D eigenvalue weighted by Gasteiger charge is 2.73. The molecule has 3 aliphatic carbocycles. The number of imide groups is 1. The van der Waals surface area contributed by atoms with E-state index in [1.54, 1.807) is 18.2 Å². The van der Waals surface area contributed by atoms with Gasteiger partial charge in [0.25, 0.3) is 0 Å². The van der Waals surface area contributed by atoms with Gasteiger partial charge in [0.2, 0.25) is 11.8 Å². The second-order valence-corrected chi connectivity index (χ2v) is 7.90. The molecule has 2 saturated carbocycles. The molecule has 1 heterocycles. The maximum absolute atomic E-state index is 13.3. The number of nitrogens with zero attached hydrogens (tertiary/aromatic N) is 1. The first-order valence-electron chi connectivity index (χ1n) is 9.33. The average molecular weight is 351 g/mol. The van der Waals surface area contributed by atoms with Crippen LogP contribution >= 0.6 is 0 Å². The second-order valence-electron chi connectivity index (χ2n) is 7.90. The number of rotatable bonds is 4. The molecule has 1 saturated heterocycles. The third kappa shape index (κ3) is 1.78. The van der Waals surface area contributed by atoms with Crippen molar-refractivity contribution in [2.45, 2.75) is 26.7 Å². The van der Waals surface area contributed by atoms with E-state index >= 15 is 0 Å². The predicted molar refractivity (Wildman–Crippen MR) is 94.9 cm³/mol. The maximum Gasteiger partial charge on any atom is 0.238 e. The summed E-state index contributed by atoms with van der Waals surface area (Å²) in [5.41, 5.74) is 1.06. The minimum atomic E-state index is -0.254. The van der Waals surface area contributed by atoms with Gasteiger partial charge in [0.05, 0.1) is 24.1 Å². The van der Waals surface area contributed by atoms with Gasteiger partial charge in [-0.25, -0.2) is 4.90 Å². The Morgan fingerprint density at radius 2 is 1.77 bits per heavy atom. The highest BCUT2D eigenvalue weighted by Crippen LogP contribution is 2.73. The van der Waals surface area contributed by atoms with Crippen LogP contribution in [0, 0.1) is 29.1 Å². The van der Waals surface area contributed by atoms with E-state index in [0.29, 0.717) is 23.6 Å². The number of hydrogen-bond donors (Lipinski definition) is 0. The Bertz CT molecular complexity index is 848. The highest BCUT2D eigenvalue weighted by molar-refractivity contribution is 6.24. The number of allylic oxidation sites excluding steroid dienone is 2. The normalized spacial score (nSPS) is 32.5. The van der Waals surface area contributed by atoms with Crippen LogP contribution in [0.15, 0.2) is 30.4 Å². The Hall–Kier alpha value is -2.43. The van der Waals surface area contributed by atoms with Gasteiger partial charge in [-0.05, 0) is 62.1 Å². The van der Waals surface area contributed by atoms with Crippen molar-refractivity contribution in [2.24, 2.45) is 29.1 Å². The summed E-state index contributed by atoms with van der Waals surface area (Å²) in [5, 5.41) is 0. The van der Waals surface area contributed by atoms with Gasteiger partial charge in [0.1, 0.15) is 5.75 Å². The van der Waals surface area contributed by atoms with Gasteiger partial charge in [-0.1, -0.05) is 12.2 Å². The summed E-state index contributed by atoms with van der Waals surface area (Å²) in [5.74, 6) is -0.0377. The number of amides is 2. The van der Waals surface area contributed by atoms with Crippen LogP contribution in [0.2, 0.25) is 0 Å². The van der Waals surface area contributed by atoms with Crippen LogP contribution in [0.25, 0.3) is 0 Å². The third-order valence-electron chi connectivity index (χ3n) is 6.76. The SMILES string of the molecule is CCOc1ccc(C(C)=O)cc1N1C(=O)[C@@H]2[C@H](C1=O)[C@@H]1C=C[C@@H]2C12CC2. The van der Waals surface area contributed by atoms with Gasteiger partial charge in [-0.3, -0.25) is 14.4 Å². The molecule has 26 heavy (non-hydrogen) atoms. The molecule has 2 amide bonds. The summed E-state index contributed by atoms with van der Waals surface area (Å²) < 4.78 is 5.65. The van der Waals surface area contributed by atoms with E-state index in [-0.39, 0.29) is 46.7 Å². The van der Waals surface area contributed by atoms with Gasteiger partial charge in [0.15, 0.2) is 5.78 Å². The average Bonchev–Trinajstić information content (AvgIpc) is 3.21.